The number of hydrogen-bond donors (Lipinski definition) is 0. The molecule has 6 heteroatoms. The third kappa shape index (κ3) is 3.27. The van der Waals surface area contributed by atoms with Gasteiger partial charge in [-0.05, 0) is 55.0 Å². The lowest BCUT2D eigenvalue weighted by Crippen LogP contribution is -2.29. The van der Waals surface area contributed by atoms with Crippen LogP contribution in [0.15, 0.2) is 76.0 Å². The van der Waals surface area contributed by atoms with Gasteiger partial charge >= 0.3 is 0 Å². The molecule has 154 valence electrons. The molecule has 0 saturated carbocycles. The Balaban J connectivity index is 1.71. The standard InChI is InChI=1S/C25H20BrN3O2/c1-15-7-12-22-19(13-15)20(24(30)28(22)2)14-23-27-21-6-4-3-5-18(21)25(31)29(23)17-10-8-16(26)9-11-17/h3-13,20H,14H2,1-2H3. The lowest BCUT2D eigenvalue weighted by molar-refractivity contribution is -0.119. The fraction of sp³-hybridized carbons (Fsp3) is 0.160. The Hall–Kier alpha value is -3.25. The van der Waals surface area contributed by atoms with Crippen molar-refractivity contribution < 1.29 is 4.79 Å². The Morgan fingerprint density at radius 2 is 1.74 bits per heavy atom. The number of likely N-dealkylation sites (N-methyl/N-ethyl adjacent to an activating group) is 1. The molecular formula is C25H20BrN3O2. The first-order valence-corrected chi connectivity index (χ1v) is 10.9. The summed E-state index contributed by atoms with van der Waals surface area (Å²) in [5, 5.41) is 0.556. The van der Waals surface area contributed by atoms with Gasteiger partial charge in [0.15, 0.2) is 0 Å². The van der Waals surface area contributed by atoms with Gasteiger partial charge in [-0.1, -0.05) is 45.8 Å². The van der Waals surface area contributed by atoms with E-state index in [0.717, 1.165) is 27.0 Å². The Kier molecular flexibility index (Phi) is 4.74. The number of nitrogens with zero attached hydrogens (tertiary/aromatic N) is 3. The van der Waals surface area contributed by atoms with E-state index in [1.165, 1.54) is 0 Å². The summed E-state index contributed by atoms with van der Waals surface area (Å²) in [6.45, 7) is 2.02. The minimum absolute atomic E-state index is 0.0189. The molecule has 31 heavy (non-hydrogen) atoms. The molecule has 1 aliphatic heterocycles. The van der Waals surface area contributed by atoms with Gasteiger partial charge in [0, 0.05) is 23.6 Å². The van der Waals surface area contributed by atoms with Gasteiger partial charge in [0.2, 0.25) is 5.91 Å². The quantitative estimate of drug-likeness (QED) is 0.430. The fourth-order valence-corrected chi connectivity index (χ4v) is 4.56. The van der Waals surface area contributed by atoms with Crippen LogP contribution in [0.1, 0.15) is 22.9 Å². The van der Waals surface area contributed by atoms with E-state index >= 15 is 0 Å². The molecule has 0 N–H and O–H groups in total. The monoisotopic (exact) mass is 473 g/mol. The normalized spacial score (nSPS) is 15.5. The highest BCUT2D eigenvalue weighted by molar-refractivity contribution is 9.10. The Bertz CT molecular complexity index is 1390. The summed E-state index contributed by atoms with van der Waals surface area (Å²) in [5.41, 5.74) is 4.23. The van der Waals surface area contributed by atoms with Gasteiger partial charge in [-0.25, -0.2) is 4.98 Å². The number of fused-ring (bicyclic) bond motifs is 2. The number of benzene rings is 3. The van der Waals surface area contributed by atoms with Crippen LogP contribution in [0.4, 0.5) is 5.69 Å². The molecule has 1 aromatic heterocycles. The predicted molar refractivity (Wildman–Crippen MR) is 126 cm³/mol. The summed E-state index contributed by atoms with van der Waals surface area (Å²) in [7, 11) is 1.80. The second-order valence-corrected chi connectivity index (χ2v) is 8.79. The van der Waals surface area contributed by atoms with E-state index in [2.05, 4.69) is 22.0 Å². The fourth-order valence-electron chi connectivity index (χ4n) is 4.30. The summed E-state index contributed by atoms with van der Waals surface area (Å²) in [4.78, 5) is 33.1. The van der Waals surface area contributed by atoms with Crippen molar-refractivity contribution in [2.75, 3.05) is 11.9 Å². The summed E-state index contributed by atoms with van der Waals surface area (Å²) < 4.78 is 2.56. The first-order chi connectivity index (χ1) is 14.9. The van der Waals surface area contributed by atoms with Gasteiger partial charge in [0.1, 0.15) is 5.82 Å². The molecule has 1 unspecified atom stereocenters. The first kappa shape index (κ1) is 19.7. The van der Waals surface area contributed by atoms with Gasteiger partial charge in [0.25, 0.3) is 5.56 Å². The molecule has 1 aliphatic rings. The topological polar surface area (TPSA) is 55.2 Å². The number of rotatable bonds is 3. The van der Waals surface area contributed by atoms with Crippen molar-refractivity contribution in [1.82, 2.24) is 9.55 Å². The minimum atomic E-state index is -0.380. The number of amides is 1. The van der Waals surface area contributed by atoms with Crippen LogP contribution in [0.5, 0.6) is 0 Å². The smallest absolute Gasteiger partial charge is 0.265 e. The van der Waals surface area contributed by atoms with E-state index in [9.17, 15) is 9.59 Å². The Morgan fingerprint density at radius 1 is 1.00 bits per heavy atom. The maximum atomic E-state index is 13.5. The van der Waals surface area contributed by atoms with Crippen molar-refractivity contribution in [2.24, 2.45) is 0 Å². The van der Waals surface area contributed by atoms with Gasteiger partial charge in [-0.2, -0.15) is 0 Å². The molecule has 3 aromatic carbocycles. The number of aromatic nitrogens is 2. The van der Waals surface area contributed by atoms with Gasteiger partial charge in [-0.3, -0.25) is 14.2 Å². The number of aryl methyl sites for hydroxylation is 1. The maximum absolute atomic E-state index is 13.5. The lowest BCUT2D eigenvalue weighted by Gasteiger charge is -2.17. The molecule has 0 fully saturated rings. The highest BCUT2D eigenvalue weighted by Gasteiger charge is 2.36. The molecule has 0 radical (unpaired) electrons. The van der Waals surface area contributed by atoms with E-state index in [4.69, 9.17) is 4.98 Å². The Labute approximate surface area is 188 Å². The molecule has 1 amide bonds. The number of anilines is 1. The summed E-state index contributed by atoms with van der Waals surface area (Å²) >= 11 is 3.45. The third-order valence-corrected chi connectivity index (χ3v) is 6.39. The second kappa shape index (κ2) is 7.46. The SMILES string of the molecule is Cc1ccc2c(c1)C(Cc1nc3ccccc3c(=O)n1-c1ccc(Br)cc1)C(=O)N2C. The number of hydrogen-bond acceptors (Lipinski definition) is 3. The average molecular weight is 474 g/mol. The first-order valence-electron chi connectivity index (χ1n) is 10.1. The van der Waals surface area contributed by atoms with Crippen LogP contribution in [-0.2, 0) is 11.2 Å². The molecule has 0 saturated heterocycles. The van der Waals surface area contributed by atoms with Crippen LogP contribution < -0.4 is 10.5 Å². The number of para-hydroxylation sites is 1. The van der Waals surface area contributed by atoms with Gasteiger partial charge < -0.3 is 4.90 Å². The van der Waals surface area contributed by atoms with Gasteiger partial charge in [-0.15, -0.1) is 0 Å². The zero-order chi connectivity index (χ0) is 21.7. The zero-order valence-corrected chi connectivity index (χ0v) is 18.8. The van der Waals surface area contributed by atoms with Crippen LogP contribution in [0.2, 0.25) is 0 Å². The van der Waals surface area contributed by atoms with Crippen LogP contribution in [-0.4, -0.2) is 22.5 Å². The van der Waals surface area contributed by atoms with Gasteiger partial charge in [0.05, 0.1) is 22.5 Å². The van der Waals surface area contributed by atoms with E-state index in [1.807, 2.05) is 61.5 Å². The van der Waals surface area contributed by atoms with E-state index in [1.54, 1.807) is 22.6 Å². The lowest BCUT2D eigenvalue weighted by atomic mass is 9.95. The zero-order valence-electron chi connectivity index (χ0n) is 17.2. The molecule has 1 atom stereocenters. The number of carbonyl (C=O) groups excluding carboxylic acids is 1. The third-order valence-electron chi connectivity index (χ3n) is 5.87. The molecular weight excluding hydrogens is 454 g/mol. The number of carbonyl (C=O) groups is 1. The van der Waals surface area contributed by atoms with Crippen LogP contribution in [0.3, 0.4) is 0 Å². The molecule has 5 nitrogen and oxygen atoms in total. The van der Waals surface area contributed by atoms with Crippen molar-refractivity contribution >= 4 is 38.4 Å². The summed E-state index contributed by atoms with van der Waals surface area (Å²) in [6.07, 6.45) is 0.343. The van der Waals surface area contributed by atoms with Crippen LogP contribution in [0.25, 0.3) is 16.6 Å². The molecule has 0 aliphatic carbocycles. The molecule has 5 rings (SSSR count). The van der Waals surface area contributed by atoms with E-state index in [0.29, 0.717) is 23.1 Å². The van der Waals surface area contributed by atoms with Crippen molar-refractivity contribution in [3.05, 3.63) is 98.5 Å². The van der Waals surface area contributed by atoms with Crippen molar-refractivity contribution in [1.29, 1.82) is 0 Å². The number of halogens is 1. The highest BCUT2D eigenvalue weighted by Crippen LogP contribution is 2.38. The summed E-state index contributed by atoms with van der Waals surface area (Å²) in [5.74, 6) is 0.215. The highest BCUT2D eigenvalue weighted by atomic mass is 79.9. The summed E-state index contributed by atoms with van der Waals surface area (Å²) in [6, 6.07) is 20.9. The van der Waals surface area contributed by atoms with Crippen LogP contribution >= 0.6 is 15.9 Å². The molecule has 0 bridgehead atoms. The van der Waals surface area contributed by atoms with Crippen molar-refractivity contribution in [3.63, 3.8) is 0 Å². The van der Waals surface area contributed by atoms with Crippen LogP contribution in [0, 0.1) is 6.92 Å². The predicted octanol–water partition coefficient (Wildman–Crippen LogP) is 4.76. The van der Waals surface area contributed by atoms with Crippen molar-refractivity contribution in [3.8, 4) is 5.69 Å². The Morgan fingerprint density at radius 3 is 2.52 bits per heavy atom. The minimum Gasteiger partial charge on any atom is -0.315 e. The average Bonchev–Trinajstić information content (AvgIpc) is 2.99. The molecule has 4 aromatic rings. The molecule has 0 spiro atoms. The van der Waals surface area contributed by atoms with E-state index in [-0.39, 0.29) is 17.4 Å². The largest absolute Gasteiger partial charge is 0.315 e. The second-order valence-electron chi connectivity index (χ2n) is 7.88. The van der Waals surface area contributed by atoms with Crippen molar-refractivity contribution in [2.45, 2.75) is 19.3 Å². The molecule has 2 heterocycles. The van der Waals surface area contributed by atoms with E-state index < -0.39 is 0 Å². The maximum Gasteiger partial charge on any atom is 0.265 e.